The third-order valence-corrected chi connectivity index (χ3v) is 7.07. The highest BCUT2D eigenvalue weighted by Crippen LogP contribution is 2.38. The van der Waals surface area contributed by atoms with Gasteiger partial charge in [0.1, 0.15) is 11.3 Å². The molecule has 11 heteroatoms. The number of rotatable bonds is 5. The Morgan fingerprint density at radius 3 is 2.59 bits per heavy atom. The lowest BCUT2D eigenvalue weighted by Crippen LogP contribution is -2.34. The van der Waals surface area contributed by atoms with Gasteiger partial charge in [-0.2, -0.15) is 0 Å². The van der Waals surface area contributed by atoms with Crippen LogP contribution < -0.4 is 20.1 Å². The summed E-state index contributed by atoms with van der Waals surface area (Å²) < 4.78 is 13.2. The lowest BCUT2D eigenvalue weighted by atomic mass is 10.1. The molecule has 0 bridgehead atoms. The molecule has 4 N–H and O–H groups in total. The predicted octanol–water partition coefficient (Wildman–Crippen LogP) is 3.84. The van der Waals surface area contributed by atoms with Crippen molar-refractivity contribution in [3.8, 4) is 28.5 Å². The van der Waals surface area contributed by atoms with Gasteiger partial charge in [-0.1, -0.05) is 18.2 Å². The van der Waals surface area contributed by atoms with Gasteiger partial charge in [-0.25, -0.2) is 4.79 Å². The van der Waals surface area contributed by atoms with Crippen LogP contribution in [0.5, 0.6) is 17.2 Å². The van der Waals surface area contributed by atoms with E-state index in [2.05, 4.69) is 33.2 Å². The van der Waals surface area contributed by atoms with E-state index >= 15 is 0 Å². The highest BCUT2D eigenvalue weighted by Gasteiger charge is 2.21. The second-order valence-electron chi connectivity index (χ2n) is 8.32. The second kappa shape index (κ2) is 9.65. The van der Waals surface area contributed by atoms with Gasteiger partial charge in [-0.15, -0.1) is 0 Å². The van der Waals surface area contributed by atoms with Crippen molar-refractivity contribution in [2.45, 2.75) is 6.54 Å². The highest BCUT2D eigenvalue weighted by molar-refractivity contribution is 14.1. The zero-order valence-corrected chi connectivity index (χ0v) is 21.5. The summed E-state index contributed by atoms with van der Waals surface area (Å²) in [4.78, 5) is 36.4. The molecular formula is C26H20IN3O7. The summed E-state index contributed by atoms with van der Waals surface area (Å²) in [7, 11) is 1.80. The first kappa shape index (κ1) is 24.4. The van der Waals surface area contributed by atoms with Gasteiger partial charge in [0.2, 0.25) is 6.79 Å². The first-order valence-electron chi connectivity index (χ1n) is 11.0. The molecule has 1 aromatic heterocycles. The lowest BCUT2D eigenvalue weighted by molar-refractivity contribution is -0.136. The average molecular weight is 613 g/mol. The van der Waals surface area contributed by atoms with Crippen LogP contribution in [-0.4, -0.2) is 39.4 Å². The lowest BCUT2D eigenvalue weighted by Gasteiger charge is -2.10. The van der Waals surface area contributed by atoms with E-state index in [4.69, 9.17) is 9.47 Å². The van der Waals surface area contributed by atoms with Crippen LogP contribution in [0.1, 0.15) is 15.9 Å². The first-order chi connectivity index (χ1) is 17.7. The van der Waals surface area contributed by atoms with Crippen molar-refractivity contribution >= 4 is 57.0 Å². The Kier molecular flexibility index (Phi) is 6.38. The molecule has 4 aromatic rings. The molecule has 0 fully saturated rings. The molecule has 0 saturated carbocycles. The molecule has 188 valence electrons. The number of benzene rings is 3. The van der Waals surface area contributed by atoms with E-state index in [0.29, 0.717) is 28.1 Å². The number of hydrogen-bond donors (Lipinski definition) is 4. The minimum absolute atomic E-state index is 0.141. The topological polar surface area (TPSA) is 139 Å². The number of nitrogens with one attached hydrogen (secondary N) is 2. The molecule has 3 aromatic carbocycles. The molecule has 5 rings (SSSR count). The Bertz CT molecular complexity index is 1600. The largest absolute Gasteiger partial charge is 0.507 e. The van der Waals surface area contributed by atoms with Crippen LogP contribution in [0.2, 0.25) is 0 Å². The average Bonchev–Trinajstić information content (AvgIpc) is 3.43. The van der Waals surface area contributed by atoms with Crippen LogP contribution in [-0.2, 0) is 23.2 Å². The minimum atomic E-state index is -1.22. The van der Waals surface area contributed by atoms with E-state index < -0.39 is 17.8 Å². The van der Waals surface area contributed by atoms with E-state index in [0.717, 1.165) is 20.4 Å². The molecule has 0 aliphatic carbocycles. The number of fused-ring (bicyclic) bond motifs is 2. The Morgan fingerprint density at radius 1 is 1.03 bits per heavy atom. The molecule has 10 nitrogen and oxygen atoms in total. The van der Waals surface area contributed by atoms with Crippen LogP contribution in [0, 0.1) is 3.57 Å². The van der Waals surface area contributed by atoms with Crippen molar-refractivity contribution < 1.29 is 34.1 Å². The van der Waals surface area contributed by atoms with Crippen LogP contribution in [0.25, 0.3) is 22.2 Å². The number of halogens is 1. The van der Waals surface area contributed by atoms with Crippen LogP contribution >= 0.6 is 22.6 Å². The maximum absolute atomic E-state index is 12.5. The van der Waals surface area contributed by atoms with Gasteiger partial charge in [-0.3, -0.25) is 9.59 Å². The Morgan fingerprint density at radius 2 is 1.81 bits per heavy atom. The molecular weight excluding hydrogens is 593 g/mol. The van der Waals surface area contributed by atoms with Crippen LogP contribution in [0.3, 0.4) is 0 Å². The van der Waals surface area contributed by atoms with Gasteiger partial charge in [0.25, 0.3) is 0 Å². The molecule has 2 amide bonds. The number of hydrogen-bond acceptors (Lipinski definition) is 6. The van der Waals surface area contributed by atoms with Gasteiger partial charge in [0, 0.05) is 39.9 Å². The van der Waals surface area contributed by atoms with E-state index in [9.17, 15) is 24.6 Å². The summed E-state index contributed by atoms with van der Waals surface area (Å²) in [6.45, 7) is 0.290. The molecule has 0 unspecified atom stereocenters. The number of aromatic nitrogens is 1. The highest BCUT2D eigenvalue weighted by atomic mass is 127. The zero-order chi connectivity index (χ0) is 26.3. The molecule has 0 radical (unpaired) electrons. The van der Waals surface area contributed by atoms with Crippen molar-refractivity contribution in [3.05, 3.63) is 69.3 Å². The number of carboxylic acids is 1. The van der Waals surface area contributed by atoms with Gasteiger partial charge in [0.15, 0.2) is 11.5 Å². The number of aromatic hydroxyl groups is 1. The predicted molar refractivity (Wildman–Crippen MR) is 143 cm³/mol. The zero-order valence-electron chi connectivity index (χ0n) is 19.4. The van der Waals surface area contributed by atoms with E-state index in [1.165, 1.54) is 12.1 Å². The SMILES string of the molecule is Cn1c(-c2cccc(NC(=O)C(=O)NCc3ccc4c(c3)OCO4)c2)c(I)c2cc(C(=O)O)c(O)cc21. The number of phenols is 1. The number of aryl methyl sites for hydroxylation is 1. The minimum Gasteiger partial charge on any atom is -0.507 e. The number of carbonyl (C=O) groups is 3. The van der Waals surface area contributed by atoms with Crippen molar-refractivity contribution in [3.63, 3.8) is 0 Å². The second-order valence-corrected chi connectivity index (χ2v) is 9.40. The fourth-order valence-corrected chi connectivity index (χ4v) is 5.27. The normalized spacial score (nSPS) is 11.9. The first-order valence-corrected chi connectivity index (χ1v) is 12.1. The van der Waals surface area contributed by atoms with Gasteiger partial charge < -0.3 is 34.9 Å². The van der Waals surface area contributed by atoms with Gasteiger partial charge in [0.05, 0.1) is 11.2 Å². The molecule has 0 atom stereocenters. The summed E-state index contributed by atoms with van der Waals surface area (Å²) in [5, 5.41) is 25.4. The molecule has 0 saturated heterocycles. The monoisotopic (exact) mass is 613 g/mol. The number of nitrogens with zero attached hydrogens (tertiary/aromatic N) is 1. The molecule has 1 aliphatic rings. The number of anilines is 1. The van der Waals surface area contributed by atoms with Crippen LogP contribution in [0.4, 0.5) is 5.69 Å². The van der Waals surface area contributed by atoms with Crippen LogP contribution in [0.15, 0.2) is 54.6 Å². The summed E-state index contributed by atoms with van der Waals surface area (Å²) in [6.07, 6.45) is 0. The van der Waals surface area contributed by atoms with Gasteiger partial charge in [-0.05, 0) is 58.5 Å². The number of ether oxygens (including phenoxy) is 2. The van der Waals surface area contributed by atoms with E-state index in [1.807, 2.05) is 10.6 Å². The molecule has 2 heterocycles. The maximum atomic E-state index is 12.5. The standard InChI is InChI=1S/C26H20IN3O7/c1-30-18-10-19(31)17(26(34)35)9-16(18)22(27)23(30)14-3-2-4-15(8-14)29-25(33)24(32)28-11-13-5-6-20-21(7-13)37-12-36-20/h2-10,31H,11-12H2,1H3,(H,28,32)(H,29,33)(H,34,35). The molecule has 37 heavy (non-hydrogen) atoms. The maximum Gasteiger partial charge on any atom is 0.339 e. The third kappa shape index (κ3) is 4.65. The van der Waals surface area contributed by atoms with Crippen molar-refractivity contribution in [2.75, 3.05) is 12.1 Å². The van der Waals surface area contributed by atoms with Crippen molar-refractivity contribution in [2.24, 2.45) is 7.05 Å². The Labute approximate surface area is 223 Å². The fourth-order valence-electron chi connectivity index (χ4n) is 4.16. The quantitative estimate of drug-likeness (QED) is 0.198. The van der Waals surface area contributed by atoms with Crippen molar-refractivity contribution in [1.82, 2.24) is 9.88 Å². The summed E-state index contributed by atoms with van der Waals surface area (Å²) >= 11 is 2.13. The fraction of sp³-hybridized carbons (Fsp3) is 0.115. The summed E-state index contributed by atoms with van der Waals surface area (Å²) in [5.41, 5.74) is 3.14. The number of carboxylic acid groups (broad SMARTS) is 1. The summed E-state index contributed by atoms with van der Waals surface area (Å²) in [5.74, 6) is -1.93. The van der Waals surface area contributed by atoms with Gasteiger partial charge >= 0.3 is 17.8 Å². The summed E-state index contributed by atoms with van der Waals surface area (Å²) in [6, 6.07) is 15.1. The van der Waals surface area contributed by atoms with E-state index in [-0.39, 0.29) is 24.7 Å². The number of amides is 2. The number of carbonyl (C=O) groups excluding carboxylic acids is 2. The molecule has 0 spiro atoms. The smallest absolute Gasteiger partial charge is 0.339 e. The number of aromatic carboxylic acids is 1. The van der Waals surface area contributed by atoms with Crippen molar-refractivity contribution in [1.29, 1.82) is 0 Å². The molecule has 1 aliphatic heterocycles. The Balaban J connectivity index is 1.33. The third-order valence-electron chi connectivity index (χ3n) is 5.98. The Hall–Kier alpha value is -4.26. The van der Waals surface area contributed by atoms with E-state index in [1.54, 1.807) is 43.4 Å².